The summed E-state index contributed by atoms with van der Waals surface area (Å²) >= 11 is 0. The molecule has 0 saturated carbocycles. The molecular formula is C18H27N5O. The van der Waals surface area contributed by atoms with Crippen LogP contribution in [0.15, 0.2) is 18.2 Å². The fraction of sp³-hybridized carbons (Fsp3) is 0.556. The first kappa shape index (κ1) is 16.9. The molecule has 3 rings (SSSR count). The Morgan fingerprint density at radius 2 is 2.17 bits per heavy atom. The minimum Gasteiger partial charge on any atom is -0.345 e. The molecule has 2 heterocycles. The summed E-state index contributed by atoms with van der Waals surface area (Å²) in [5.74, 6) is 0.864. The van der Waals surface area contributed by atoms with E-state index in [1.165, 1.54) is 5.56 Å². The highest BCUT2D eigenvalue weighted by Gasteiger charge is 2.18. The predicted molar refractivity (Wildman–Crippen MR) is 95.9 cm³/mol. The fourth-order valence-electron chi connectivity index (χ4n) is 3.16. The first-order valence-corrected chi connectivity index (χ1v) is 8.68. The standard InChI is InChI=1S/C18H27N5O/c1-13-5-6-15-16(11-13)21-18(20-15)14(2)19-17(24)12-23-8-4-7-22(3)9-10-23/h5-6,11,14H,4,7-10,12H2,1-3H3,(H,19,24)(H,20,21)/t14-/m1/s1. The summed E-state index contributed by atoms with van der Waals surface area (Å²) in [6, 6.07) is 6.01. The number of hydrogen-bond acceptors (Lipinski definition) is 4. The molecule has 1 atom stereocenters. The summed E-state index contributed by atoms with van der Waals surface area (Å²) in [6.07, 6.45) is 1.11. The first-order valence-electron chi connectivity index (χ1n) is 8.68. The van der Waals surface area contributed by atoms with Gasteiger partial charge in [-0.3, -0.25) is 9.69 Å². The lowest BCUT2D eigenvalue weighted by Gasteiger charge is -2.20. The highest BCUT2D eigenvalue weighted by Crippen LogP contribution is 2.17. The summed E-state index contributed by atoms with van der Waals surface area (Å²) in [4.78, 5) is 24.8. The summed E-state index contributed by atoms with van der Waals surface area (Å²) < 4.78 is 0. The van der Waals surface area contributed by atoms with E-state index in [1.807, 2.05) is 19.1 Å². The normalized spacial score (nSPS) is 18.5. The third-order valence-electron chi connectivity index (χ3n) is 4.62. The van der Waals surface area contributed by atoms with Crippen LogP contribution in [0.2, 0.25) is 0 Å². The second-order valence-corrected chi connectivity index (χ2v) is 6.86. The number of aromatic nitrogens is 2. The van der Waals surface area contributed by atoms with Crippen molar-refractivity contribution in [1.29, 1.82) is 0 Å². The van der Waals surface area contributed by atoms with Crippen molar-refractivity contribution < 1.29 is 4.79 Å². The van der Waals surface area contributed by atoms with Crippen molar-refractivity contribution in [3.05, 3.63) is 29.6 Å². The number of benzene rings is 1. The molecule has 6 heteroatoms. The smallest absolute Gasteiger partial charge is 0.234 e. The third kappa shape index (κ3) is 4.13. The van der Waals surface area contributed by atoms with Crippen LogP contribution in [0.5, 0.6) is 0 Å². The number of carbonyl (C=O) groups excluding carboxylic acids is 1. The molecule has 1 aliphatic rings. The average Bonchev–Trinajstić information content (AvgIpc) is 2.85. The van der Waals surface area contributed by atoms with Crippen LogP contribution in [0.4, 0.5) is 0 Å². The van der Waals surface area contributed by atoms with Gasteiger partial charge in [0, 0.05) is 13.1 Å². The number of amides is 1. The molecule has 1 saturated heterocycles. The van der Waals surface area contributed by atoms with E-state index in [9.17, 15) is 4.79 Å². The van der Waals surface area contributed by atoms with Crippen molar-refractivity contribution in [3.63, 3.8) is 0 Å². The van der Waals surface area contributed by atoms with E-state index in [-0.39, 0.29) is 11.9 Å². The first-order chi connectivity index (χ1) is 11.5. The van der Waals surface area contributed by atoms with Gasteiger partial charge in [0.25, 0.3) is 0 Å². The fourth-order valence-corrected chi connectivity index (χ4v) is 3.16. The highest BCUT2D eigenvalue weighted by molar-refractivity contribution is 5.79. The molecule has 2 aromatic rings. The van der Waals surface area contributed by atoms with Crippen LogP contribution in [-0.2, 0) is 4.79 Å². The highest BCUT2D eigenvalue weighted by atomic mass is 16.2. The third-order valence-corrected chi connectivity index (χ3v) is 4.62. The minimum absolute atomic E-state index is 0.0590. The maximum Gasteiger partial charge on any atom is 0.234 e. The number of imidazole rings is 1. The van der Waals surface area contributed by atoms with Gasteiger partial charge < -0.3 is 15.2 Å². The second kappa shape index (κ2) is 7.32. The van der Waals surface area contributed by atoms with Crippen molar-refractivity contribution >= 4 is 16.9 Å². The number of carbonyl (C=O) groups is 1. The number of nitrogens with zero attached hydrogens (tertiary/aromatic N) is 3. The zero-order valence-corrected chi connectivity index (χ0v) is 14.8. The lowest BCUT2D eigenvalue weighted by Crippen LogP contribution is -2.40. The van der Waals surface area contributed by atoms with Crippen molar-refractivity contribution in [2.24, 2.45) is 0 Å². The molecule has 1 fully saturated rings. The van der Waals surface area contributed by atoms with E-state index in [1.54, 1.807) is 0 Å². The Labute approximate surface area is 143 Å². The van der Waals surface area contributed by atoms with Gasteiger partial charge in [-0.05, 0) is 58.1 Å². The van der Waals surface area contributed by atoms with E-state index < -0.39 is 0 Å². The van der Waals surface area contributed by atoms with E-state index in [0.717, 1.165) is 49.5 Å². The van der Waals surface area contributed by atoms with Crippen LogP contribution < -0.4 is 5.32 Å². The Hall–Kier alpha value is -1.92. The zero-order valence-electron chi connectivity index (χ0n) is 14.8. The topological polar surface area (TPSA) is 64.3 Å². The van der Waals surface area contributed by atoms with Crippen molar-refractivity contribution in [3.8, 4) is 0 Å². The molecule has 1 aliphatic heterocycles. The van der Waals surface area contributed by atoms with Gasteiger partial charge in [0.05, 0.1) is 23.6 Å². The molecule has 24 heavy (non-hydrogen) atoms. The van der Waals surface area contributed by atoms with Gasteiger partial charge in [-0.15, -0.1) is 0 Å². The average molecular weight is 329 g/mol. The molecule has 0 radical (unpaired) electrons. The zero-order chi connectivity index (χ0) is 17.1. The SMILES string of the molecule is Cc1ccc2nc([C@@H](C)NC(=O)CN3CCCN(C)CC3)[nH]c2c1. The number of hydrogen-bond donors (Lipinski definition) is 2. The van der Waals surface area contributed by atoms with Crippen LogP contribution in [0.25, 0.3) is 11.0 Å². The number of rotatable bonds is 4. The molecule has 130 valence electrons. The van der Waals surface area contributed by atoms with Gasteiger partial charge in [-0.2, -0.15) is 0 Å². The molecule has 0 aliphatic carbocycles. The van der Waals surface area contributed by atoms with Crippen LogP contribution in [-0.4, -0.2) is 65.4 Å². The molecule has 1 amide bonds. The molecule has 1 aromatic heterocycles. The number of fused-ring (bicyclic) bond motifs is 1. The number of likely N-dealkylation sites (N-methyl/N-ethyl adjacent to an activating group) is 1. The Balaban J connectivity index is 1.58. The van der Waals surface area contributed by atoms with E-state index in [2.05, 4.69) is 45.1 Å². The van der Waals surface area contributed by atoms with Crippen LogP contribution in [0, 0.1) is 6.92 Å². The minimum atomic E-state index is -0.125. The monoisotopic (exact) mass is 329 g/mol. The number of aryl methyl sites for hydroxylation is 1. The van der Waals surface area contributed by atoms with Crippen LogP contribution >= 0.6 is 0 Å². The summed E-state index contributed by atoms with van der Waals surface area (Å²) in [5, 5.41) is 3.06. The Morgan fingerprint density at radius 3 is 3.00 bits per heavy atom. The lowest BCUT2D eigenvalue weighted by molar-refractivity contribution is -0.122. The van der Waals surface area contributed by atoms with Crippen molar-refractivity contribution in [2.45, 2.75) is 26.3 Å². The number of H-pyrrole nitrogens is 1. The quantitative estimate of drug-likeness (QED) is 0.896. The van der Waals surface area contributed by atoms with E-state index >= 15 is 0 Å². The van der Waals surface area contributed by atoms with Crippen molar-refractivity contribution in [2.75, 3.05) is 39.8 Å². The molecule has 0 unspecified atom stereocenters. The summed E-state index contributed by atoms with van der Waals surface area (Å²) in [6.45, 7) is 8.54. The van der Waals surface area contributed by atoms with Gasteiger partial charge in [-0.25, -0.2) is 4.98 Å². The molecule has 0 spiro atoms. The molecule has 1 aromatic carbocycles. The maximum absolute atomic E-state index is 12.4. The molecule has 2 N–H and O–H groups in total. The van der Waals surface area contributed by atoms with Gasteiger partial charge in [0.2, 0.25) is 5.91 Å². The van der Waals surface area contributed by atoms with Gasteiger partial charge in [0.1, 0.15) is 5.82 Å². The summed E-state index contributed by atoms with van der Waals surface area (Å²) in [7, 11) is 2.13. The molecule has 0 bridgehead atoms. The van der Waals surface area contributed by atoms with Gasteiger partial charge in [0.15, 0.2) is 0 Å². The number of nitrogens with one attached hydrogen (secondary N) is 2. The van der Waals surface area contributed by atoms with E-state index in [0.29, 0.717) is 6.54 Å². The second-order valence-electron chi connectivity index (χ2n) is 6.86. The predicted octanol–water partition coefficient (Wildman–Crippen LogP) is 1.69. The molecule has 6 nitrogen and oxygen atoms in total. The molecular weight excluding hydrogens is 302 g/mol. The van der Waals surface area contributed by atoms with Gasteiger partial charge in [-0.1, -0.05) is 6.07 Å². The Bertz CT molecular complexity index is 710. The van der Waals surface area contributed by atoms with Crippen molar-refractivity contribution in [1.82, 2.24) is 25.1 Å². The number of aromatic amines is 1. The Kier molecular flexibility index (Phi) is 5.16. The Morgan fingerprint density at radius 1 is 1.33 bits per heavy atom. The van der Waals surface area contributed by atoms with Crippen LogP contribution in [0.1, 0.15) is 30.8 Å². The van der Waals surface area contributed by atoms with Crippen LogP contribution in [0.3, 0.4) is 0 Å². The largest absolute Gasteiger partial charge is 0.345 e. The maximum atomic E-state index is 12.4. The van der Waals surface area contributed by atoms with E-state index in [4.69, 9.17) is 0 Å². The van der Waals surface area contributed by atoms with Gasteiger partial charge >= 0.3 is 0 Å². The summed E-state index contributed by atoms with van der Waals surface area (Å²) in [5.41, 5.74) is 3.15. The lowest BCUT2D eigenvalue weighted by atomic mass is 10.2.